The van der Waals surface area contributed by atoms with Crippen molar-refractivity contribution >= 4 is 5.69 Å². The molecule has 1 aromatic rings. The van der Waals surface area contributed by atoms with Gasteiger partial charge in [0, 0.05) is 19.3 Å². The maximum Gasteiger partial charge on any atom is 0.163 e. The lowest BCUT2D eigenvalue weighted by Gasteiger charge is -2.35. The molecule has 0 aromatic carbocycles. The summed E-state index contributed by atoms with van der Waals surface area (Å²) in [6.45, 7) is 6.68. The second kappa shape index (κ2) is 5.18. The van der Waals surface area contributed by atoms with E-state index in [4.69, 9.17) is 5.26 Å². The predicted octanol–water partition coefficient (Wildman–Crippen LogP) is 2.83. The van der Waals surface area contributed by atoms with Crippen LogP contribution in [0, 0.1) is 23.2 Å². The van der Waals surface area contributed by atoms with Crippen LogP contribution in [0.25, 0.3) is 0 Å². The molecule has 0 saturated carbocycles. The molecular weight excluding hydrogens is 210 g/mol. The van der Waals surface area contributed by atoms with Crippen LogP contribution < -0.4 is 4.90 Å². The van der Waals surface area contributed by atoms with E-state index in [2.05, 4.69) is 29.8 Å². The summed E-state index contributed by atoms with van der Waals surface area (Å²) in [5.41, 5.74) is 1.55. The smallest absolute Gasteiger partial charge is 0.163 e. The van der Waals surface area contributed by atoms with Crippen LogP contribution >= 0.6 is 0 Å². The van der Waals surface area contributed by atoms with E-state index < -0.39 is 0 Å². The van der Waals surface area contributed by atoms with Crippen molar-refractivity contribution in [2.45, 2.75) is 26.7 Å². The van der Waals surface area contributed by atoms with E-state index >= 15 is 0 Å². The molecule has 17 heavy (non-hydrogen) atoms. The summed E-state index contributed by atoms with van der Waals surface area (Å²) >= 11 is 0. The summed E-state index contributed by atoms with van der Waals surface area (Å²) < 4.78 is 0. The van der Waals surface area contributed by atoms with Gasteiger partial charge in [0.15, 0.2) is 5.69 Å². The third-order valence-electron chi connectivity index (χ3n) is 3.72. The van der Waals surface area contributed by atoms with Gasteiger partial charge in [0.1, 0.15) is 6.07 Å². The van der Waals surface area contributed by atoms with Gasteiger partial charge in [-0.2, -0.15) is 5.26 Å². The van der Waals surface area contributed by atoms with Crippen LogP contribution in [0.1, 0.15) is 32.4 Å². The number of piperidine rings is 1. The second-order valence-corrected chi connectivity index (χ2v) is 5.05. The zero-order chi connectivity index (χ0) is 12.3. The first kappa shape index (κ1) is 11.9. The van der Waals surface area contributed by atoms with Crippen LogP contribution in [0.2, 0.25) is 0 Å². The molecule has 1 aromatic heterocycles. The van der Waals surface area contributed by atoms with Crippen molar-refractivity contribution in [2.75, 3.05) is 18.0 Å². The molecule has 0 radical (unpaired) electrons. The van der Waals surface area contributed by atoms with E-state index in [0.717, 1.165) is 30.6 Å². The average molecular weight is 229 g/mol. The molecule has 3 heteroatoms. The Morgan fingerprint density at radius 3 is 2.71 bits per heavy atom. The van der Waals surface area contributed by atoms with Crippen LogP contribution in [-0.2, 0) is 0 Å². The molecule has 3 nitrogen and oxygen atoms in total. The molecule has 1 fully saturated rings. The largest absolute Gasteiger partial charge is 0.369 e. The summed E-state index contributed by atoms with van der Waals surface area (Å²) in [4.78, 5) is 6.42. The first-order chi connectivity index (χ1) is 8.22. The summed E-state index contributed by atoms with van der Waals surface area (Å²) in [6.07, 6.45) is 4.12. The number of nitriles is 1. The fourth-order valence-corrected chi connectivity index (χ4v) is 2.55. The van der Waals surface area contributed by atoms with Crippen molar-refractivity contribution in [2.24, 2.45) is 11.8 Å². The molecular formula is C14H19N3. The fraction of sp³-hybridized carbons (Fsp3) is 0.571. The van der Waals surface area contributed by atoms with Crippen LogP contribution in [-0.4, -0.2) is 18.1 Å². The third kappa shape index (κ3) is 2.58. The molecule has 90 valence electrons. The first-order valence-corrected chi connectivity index (χ1v) is 6.32. The van der Waals surface area contributed by atoms with Crippen molar-refractivity contribution in [1.82, 2.24) is 4.98 Å². The molecule has 0 aliphatic carbocycles. The van der Waals surface area contributed by atoms with Gasteiger partial charge in [-0.1, -0.05) is 13.8 Å². The molecule has 1 aliphatic heterocycles. The molecule has 0 unspecified atom stereocenters. The fourth-order valence-electron chi connectivity index (χ4n) is 2.55. The normalized spacial score (nSPS) is 17.2. The monoisotopic (exact) mass is 229 g/mol. The number of hydrogen-bond acceptors (Lipinski definition) is 3. The first-order valence-electron chi connectivity index (χ1n) is 6.32. The number of nitrogens with zero attached hydrogens (tertiary/aromatic N) is 3. The zero-order valence-corrected chi connectivity index (χ0v) is 10.6. The van der Waals surface area contributed by atoms with Crippen LogP contribution in [0.4, 0.5) is 5.69 Å². The minimum absolute atomic E-state index is 0.551. The molecule has 0 atom stereocenters. The minimum atomic E-state index is 0.551. The summed E-state index contributed by atoms with van der Waals surface area (Å²) in [7, 11) is 0. The Balaban J connectivity index is 2.08. The van der Waals surface area contributed by atoms with E-state index in [1.807, 2.05) is 12.1 Å². The van der Waals surface area contributed by atoms with Crippen LogP contribution in [0.15, 0.2) is 18.3 Å². The zero-order valence-electron chi connectivity index (χ0n) is 10.6. The summed E-state index contributed by atoms with van der Waals surface area (Å²) in [6, 6.07) is 6.08. The molecule has 0 spiro atoms. The van der Waals surface area contributed by atoms with Gasteiger partial charge in [0.25, 0.3) is 0 Å². The summed E-state index contributed by atoms with van der Waals surface area (Å²) in [5.74, 6) is 1.59. The quantitative estimate of drug-likeness (QED) is 0.783. The number of anilines is 1. The topological polar surface area (TPSA) is 39.9 Å². The lowest BCUT2D eigenvalue weighted by atomic mass is 9.86. The van der Waals surface area contributed by atoms with E-state index in [1.165, 1.54) is 12.8 Å². The van der Waals surface area contributed by atoms with E-state index in [1.54, 1.807) is 6.20 Å². The van der Waals surface area contributed by atoms with Gasteiger partial charge in [-0.3, -0.25) is 0 Å². The maximum absolute atomic E-state index is 9.05. The number of hydrogen-bond donors (Lipinski definition) is 0. The van der Waals surface area contributed by atoms with Gasteiger partial charge in [-0.05, 0) is 36.8 Å². The predicted molar refractivity (Wildman–Crippen MR) is 68.7 cm³/mol. The highest BCUT2D eigenvalue weighted by molar-refractivity contribution is 5.55. The number of rotatable bonds is 2. The standard InChI is InChI=1S/C14H19N3/c1-11(2)12-5-8-17(9-6-12)14-4-3-7-16-13(14)10-15/h3-4,7,11-12H,5-6,8-9H2,1-2H3. The maximum atomic E-state index is 9.05. The number of pyridine rings is 1. The SMILES string of the molecule is CC(C)C1CCN(c2cccnc2C#N)CC1. The highest BCUT2D eigenvalue weighted by atomic mass is 15.1. The Hall–Kier alpha value is -1.56. The molecule has 0 amide bonds. The molecule has 2 heterocycles. The van der Waals surface area contributed by atoms with Crippen molar-refractivity contribution in [1.29, 1.82) is 5.26 Å². The Bertz CT molecular complexity index is 412. The molecule has 0 N–H and O–H groups in total. The van der Waals surface area contributed by atoms with Crippen LogP contribution in [0.5, 0.6) is 0 Å². The Morgan fingerprint density at radius 2 is 2.12 bits per heavy atom. The molecule has 1 aliphatic rings. The van der Waals surface area contributed by atoms with E-state index in [0.29, 0.717) is 5.69 Å². The van der Waals surface area contributed by atoms with Gasteiger partial charge in [0.05, 0.1) is 5.69 Å². The highest BCUT2D eigenvalue weighted by Crippen LogP contribution is 2.28. The Morgan fingerprint density at radius 1 is 1.41 bits per heavy atom. The highest BCUT2D eigenvalue weighted by Gasteiger charge is 2.23. The Labute approximate surface area is 103 Å². The summed E-state index contributed by atoms with van der Waals surface area (Å²) in [5, 5.41) is 9.05. The van der Waals surface area contributed by atoms with E-state index in [9.17, 15) is 0 Å². The van der Waals surface area contributed by atoms with Crippen molar-refractivity contribution in [3.8, 4) is 6.07 Å². The molecule has 2 rings (SSSR count). The molecule has 1 saturated heterocycles. The van der Waals surface area contributed by atoms with Gasteiger partial charge in [0.2, 0.25) is 0 Å². The van der Waals surface area contributed by atoms with Gasteiger partial charge in [-0.25, -0.2) is 4.98 Å². The number of aromatic nitrogens is 1. The van der Waals surface area contributed by atoms with Crippen LogP contribution in [0.3, 0.4) is 0 Å². The lowest BCUT2D eigenvalue weighted by molar-refractivity contribution is 0.311. The lowest BCUT2D eigenvalue weighted by Crippen LogP contribution is -2.35. The minimum Gasteiger partial charge on any atom is -0.369 e. The van der Waals surface area contributed by atoms with Crippen molar-refractivity contribution in [3.63, 3.8) is 0 Å². The average Bonchev–Trinajstić information content (AvgIpc) is 2.39. The Kier molecular flexibility index (Phi) is 3.63. The van der Waals surface area contributed by atoms with E-state index in [-0.39, 0.29) is 0 Å². The van der Waals surface area contributed by atoms with Gasteiger partial charge < -0.3 is 4.90 Å². The molecule has 0 bridgehead atoms. The second-order valence-electron chi connectivity index (χ2n) is 5.05. The van der Waals surface area contributed by atoms with Crippen molar-refractivity contribution < 1.29 is 0 Å². The van der Waals surface area contributed by atoms with Gasteiger partial charge in [-0.15, -0.1) is 0 Å². The van der Waals surface area contributed by atoms with Crippen molar-refractivity contribution in [3.05, 3.63) is 24.0 Å². The third-order valence-corrected chi connectivity index (χ3v) is 3.72. The van der Waals surface area contributed by atoms with Gasteiger partial charge >= 0.3 is 0 Å².